The van der Waals surface area contributed by atoms with Gasteiger partial charge in [0.05, 0.1) is 6.61 Å². The lowest BCUT2D eigenvalue weighted by atomic mass is 10.4. The number of carbonyl (C=O) groups is 1. The Balaban J connectivity index is 3.01. The molecule has 0 unspecified atom stereocenters. The minimum atomic E-state index is -0.209. The standard InChI is InChI=1S/C7H12O2/c1-3-4-5-6-9-7(2)8/h3-4H,5-6H2,1-2H3/b4-3+. The van der Waals surface area contributed by atoms with Crippen LogP contribution in [0.2, 0.25) is 0 Å². The third-order valence-corrected chi connectivity index (χ3v) is 0.826. The average Bonchev–Trinajstić information content (AvgIpc) is 1.80. The molecule has 0 aliphatic heterocycles. The SMILES string of the molecule is C/C=C/CCOC(C)=O. The maximum Gasteiger partial charge on any atom is 0.302 e. The van der Waals surface area contributed by atoms with Crippen LogP contribution in [0.5, 0.6) is 0 Å². The van der Waals surface area contributed by atoms with Gasteiger partial charge in [0, 0.05) is 6.92 Å². The summed E-state index contributed by atoms with van der Waals surface area (Å²) in [4.78, 5) is 10.2. The van der Waals surface area contributed by atoms with E-state index in [1.807, 2.05) is 19.1 Å². The molecule has 2 heteroatoms. The Morgan fingerprint density at radius 2 is 2.33 bits per heavy atom. The van der Waals surface area contributed by atoms with Gasteiger partial charge >= 0.3 is 5.97 Å². The Morgan fingerprint density at radius 3 is 2.78 bits per heavy atom. The molecule has 0 amide bonds. The van der Waals surface area contributed by atoms with Crippen LogP contribution in [0.15, 0.2) is 12.2 Å². The fourth-order valence-corrected chi connectivity index (χ4v) is 0.437. The van der Waals surface area contributed by atoms with Crippen LogP contribution in [-0.2, 0) is 9.53 Å². The number of allylic oxidation sites excluding steroid dienone is 1. The van der Waals surface area contributed by atoms with E-state index in [1.54, 1.807) is 0 Å². The van der Waals surface area contributed by atoms with Crippen LogP contribution in [0.1, 0.15) is 20.3 Å². The van der Waals surface area contributed by atoms with Crippen LogP contribution in [0.25, 0.3) is 0 Å². The van der Waals surface area contributed by atoms with Crippen molar-refractivity contribution in [1.29, 1.82) is 0 Å². The summed E-state index contributed by atoms with van der Waals surface area (Å²) >= 11 is 0. The fourth-order valence-electron chi connectivity index (χ4n) is 0.437. The number of ether oxygens (including phenoxy) is 1. The molecule has 0 aliphatic carbocycles. The van der Waals surface area contributed by atoms with Crippen LogP contribution < -0.4 is 0 Å². The largest absolute Gasteiger partial charge is 0.466 e. The first kappa shape index (κ1) is 8.21. The van der Waals surface area contributed by atoms with Gasteiger partial charge in [-0.1, -0.05) is 12.2 Å². The smallest absolute Gasteiger partial charge is 0.302 e. The Morgan fingerprint density at radius 1 is 1.67 bits per heavy atom. The van der Waals surface area contributed by atoms with Crippen molar-refractivity contribution in [2.24, 2.45) is 0 Å². The van der Waals surface area contributed by atoms with Gasteiger partial charge in [-0.3, -0.25) is 4.79 Å². The molecule has 0 N–H and O–H groups in total. The van der Waals surface area contributed by atoms with Crippen LogP contribution >= 0.6 is 0 Å². The van der Waals surface area contributed by atoms with E-state index in [0.29, 0.717) is 6.61 Å². The quantitative estimate of drug-likeness (QED) is 0.327. The number of esters is 1. The van der Waals surface area contributed by atoms with Gasteiger partial charge in [0.1, 0.15) is 0 Å². The summed E-state index contributed by atoms with van der Waals surface area (Å²) < 4.78 is 4.65. The van der Waals surface area contributed by atoms with Crippen LogP contribution in [0.3, 0.4) is 0 Å². The zero-order valence-corrected chi connectivity index (χ0v) is 5.89. The van der Waals surface area contributed by atoms with E-state index in [4.69, 9.17) is 0 Å². The summed E-state index contributed by atoms with van der Waals surface area (Å²) in [6, 6.07) is 0. The molecule has 0 aliphatic rings. The molecular weight excluding hydrogens is 116 g/mol. The molecule has 0 fully saturated rings. The zero-order valence-electron chi connectivity index (χ0n) is 5.89. The summed E-state index contributed by atoms with van der Waals surface area (Å²) in [7, 11) is 0. The molecule has 0 heterocycles. The van der Waals surface area contributed by atoms with Gasteiger partial charge in [-0.2, -0.15) is 0 Å². The van der Waals surface area contributed by atoms with E-state index >= 15 is 0 Å². The van der Waals surface area contributed by atoms with Crippen molar-refractivity contribution >= 4 is 5.97 Å². The van der Waals surface area contributed by atoms with Gasteiger partial charge < -0.3 is 4.74 Å². The molecule has 0 aromatic rings. The maximum atomic E-state index is 10.2. The van der Waals surface area contributed by atoms with Crippen molar-refractivity contribution in [1.82, 2.24) is 0 Å². The molecule has 2 nitrogen and oxygen atoms in total. The molecule has 0 bridgehead atoms. The van der Waals surface area contributed by atoms with E-state index in [9.17, 15) is 4.79 Å². The van der Waals surface area contributed by atoms with Crippen molar-refractivity contribution in [3.63, 3.8) is 0 Å². The van der Waals surface area contributed by atoms with E-state index in [1.165, 1.54) is 6.92 Å². The lowest BCUT2D eigenvalue weighted by molar-refractivity contribution is -0.140. The summed E-state index contributed by atoms with van der Waals surface area (Å²) in [6.45, 7) is 3.85. The van der Waals surface area contributed by atoms with Gasteiger partial charge in [0.25, 0.3) is 0 Å². The summed E-state index contributed by atoms with van der Waals surface area (Å²) in [6.07, 6.45) is 4.71. The molecule has 0 rings (SSSR count). The monoisotopic (exact) mass is 128 g/mol. The van der Waals surface area contributed by atoms with Crippen LogP contribution in [-0.4, -0.2) is 12.6 Å². The Bertz CT molecular complexity index is 105. The predicted molar refractivity (Wildman–Crippen MR) is 36.1 cm³/mol. The second-order valence-corrected chi connectivity index (χ2v) is 1.70. The first-order chi connectivity index (χ1) is 4.27. The predicted octanol–water partition coefficient (Wildman–Crippen LogP) is 1.52. The molecule has 0 spiro atoms. The number of carbonyl (C=O) groups excluding carboxylic acids is 1. The highest BCUT2D eigenvalue weighted by atomic mass is 16.5. The third-order valence-electron chi connectivity index (χ3n) is 0.826. The molecule has 0 saturated heterocycles. The number of hydrogen-bond donors (Lipinski definition) is 0. The molecule has 9 heavy (non-hydrogen) atoms. The first-order valence-corrected chi connectivity index (χ1v) is 3.02. The van der Waals surface area contributed by atoms with Crippen molar-refractivity contribution < 1.29 is 9.53 Å². The minimum Gasteiger partial charge on any atom is -0.466 e. The molecule has 0 saturated carbocycles. The van der Waals surface area contributed by atoms with Crippen molar-refractivity contribution in [3.05, 3.63) is 12.2 Å². The molecule has 0 aromatic carbocycles. The summed E-state index contributed by atoms with van der Waals surface area (Å²) in [5.41, 5.74) is 0. The Labute approximate surface area is 55.5 Å². The van der Waals surface area contributed by atoms with Gasteiger partial charge in [0.15, 0.2) is 0 Å². The third kappa shape index (κ3) is 7.21. The van der Waals surface area contributed by atoms with Crippen LogP contribution in [0, 0.1) is 0 Å². The zero-order chi connectivity index (χ0) is 7.11. The Kier molecular flexibility index (Phi) is 4.88. The lowest BCUT2D eigenvalue weighted by Gasteiger charge is -1.95. The number of rotatable bonds is 3. The van der Waals surface area contributed by atoms with Gasteiger partial charge in [0.2, 0.25) is 0 Å². The van der Waals surface area contributed by atoms with Gasteiger partial charge in [-0.15, -0.1) is 0 Å². The normalized spacial score (nSPS) is 10.0. The van der Waals surface area contributed by atoms with Crippen LogP contribution in [0.4, 0.5) is 0 Å². The van der Waals surface area contributed by atoms with Crippen molar-refractivity contribution in [2.75, 3.05) is 6.61 Å². The number of hydrogen-bond acceptors (Lipinski definition) is 2. The second kappa shape index (κ2) is 5.35. The first-order valence-electron chi connectivity index (χ1n) is 3.02. The fraction of sp³-hybridized carbons (Fsp3) is 0.571. The van der Waals surface area contributed by atoms with Gasteiger partial charge in [-0.25, -0.2) is 0 Å². The van der Waals surface area contributed by atoms with E-state index < -0.39 is 0 Å². The van der Waals surface area contributed by atoms with E-state index in [2.05, 4.69) is 4.74 Å². The van der Waals surface area contributed by atoms with E-state index in [-0.39, 0.29) is 5.97 Å². The molecular formula is C7H12O2. The molecule has 0 radical (unpaired) electrons. The maximum absolute atomic E-state index is 10.2. The van der Waals surface area contributed by atoms with Gasteiger partial charge in [-0.05, 0) is 13.3 Å². The second-order valence-electron chi connectivity index (χ2n) is 1.70. The molecule has 0 atom stereocenters. The summed E-state index contributed by atoms with van der Waals surface area (Å²) in [5, 5.41) is 0. The summed E-state index contributed by atoms with van der Waals surface area (Å²) in [5.74, 6) is -0.209. The highest BCUT2D eigenvalue weighted by molar-refractivity contribution is 5.65. The highest BCUT2D eigenvalue weighted by Gasteiger charge is 1.87. The molecule has 52 valence electrons. The minimum absolute atomic E-state index is 0.209. The van der Waals surface area contributed by atoms with E-state index in [0.717, 1.165) is 6.42 Å². The van der Waals surface area contributed by atoms with Crippen molar-refractivity contribution in [2.45, 2.75) is 20.3 Å². The lowest BCUT2D eigenvalue weighted by Crippen LogP contribution is -1.98. The highest BCUT2D eigenvalue weighted by Crippen LogP contribution is 1.84. The van der Waals surface area contributed by atoms with Crippen molar-refractivity contribution in [3.8, 4) is 0 Å². The molecule has 0 aromatic heterocycles. The Hall–Kier alpha value is -0.790. The topological polar surface area (TPSA) is 26.3 Å². The average molecular weight is 128 g/mol.